The van der Waals surface area contributed by atoms with Crippen LogP contribution in [0.1, 0.15) is 23.2 Å². The Hall–Kier alpha value is -1.03. The number of hydrogen-bond donors (Lipinski definition) is 0. The van der Waals surface area contributed by atoms with Crippen molar-refractivity contribution in [1.82, 2.24) is 9.55 Å². The highest BCUT2D eigenvalue weighted by molar-refractivity contribution is 7.10. The van der Waals surface area contributed by atoms with Crippen LogP contribution >= 0.6 is 34.5 Å². The molecule has 0 aliphatic rings. The molecule has 0 fully saturated rings. The van der Waals surface area contributed by atoms with Crippen molar-refractivity contribution >= 4 is 45.6 Å². The van der Waals surface area contributed by atoms with Crippen molar-refractivity contribution in [3.63, 3.8) is 0 Å². The van der Waals surface area contributed by atoms with Gasteiger partial charge in [0.05, 0.1) is 22.6 Å². The van der Waals surface area contributed by atoms with Crippen LogP contribution in [0.15, 0.2) is 29.6 Å². The second-order valence-electron chi connectivity index (χ2n) is 4.88. The van der Waals surface area contributed by atoms with Gasteiger partial charge in [-0.3, -0.25) is 0 Å². The Morgan fingerprint density at radius 1 is 1.29 bits per heavy atom. The van der Waals surface area contributed by atoms with Crippen LogP contribution in [-0.4, -0.2) is 15.4 Å². The zero-order chi connectivity index (χ0) is 14.8. The van der Waals surface area contributed by atoms with E-state index in [4.69, 9.17) is 28.2 Å². The fraction of sp³-hybridized carbons (Fsp3) is 0.312. The second-order valence-corrected chi connectivity index (χ2v) is 6.67. The van der Waals surface area contributed by atoms with Gasteiger partial charge in [0, 0.05) is 17.2 Å². The molecule has 0 aliphatic heterocycles. The third-order valence-corrected chi connectivity index (χ3v) is 5.08. The van der Waals surface area contributed by atoms with Crippen LogP contribution in [0, 0.1) is 0 Å². The summed E-state index contributed by atoms with van der Waals surface area (Å²) in [6.07, 6.45) is 1.80. The minimum atomic E-state index is 0.562. The maximum Gasteiger partial charge on any atom is 0.111 e. The molecule has 0 amide bonds. The van der Waals surface area contributed by atoms with Gasteiger partial charge in [-0.15, -0.1) is 22.9 Å². The Bertz CT molecular complexity index is 761. The number of alkyl halides is 1. The summed E-state index contributed by atoms with van der Waals surface area (Å²) in [5.41, 5.74) is 3.35. The highest BCUT2D eigenvalue weighted by Gasteiger charge is 2.15. The van der Waals surface area contributed by atoms with Gasteiger partial charge in [-0.25, -0.2) is 4.98 Å². The van der Waals surface area contributed by atoms with Crippen molar-refractivity contribution in [1.29, 1.82) is 0 Å². The third kappa shape index (κ3) is 2.83. The van der Waals surface area contributed by atoms with E-state index in [1.54, 1.807) is 11.3 Å². The molecular weight excluding hydrogens is 323 g/mol. The van der Waals surface area contributed by atoms with E-state index in [0.29, 0.717) is 5.88 Å². The fourth-order valence-corrected chi connectivity index (χ4v) is 4.00. The molecule has 0 atom stereocenters. The Morgan fingerprint density at radius 2 is 2.14 bits per heavy atom. The van der Waals surface area contributed by atoms with E-state index >= 15 is 0 Å². The summed E-state index contributed by atoms with van der Waals surface area (Å²) in [6.45, 7) is 3.00. The van der Waals surface area contributed by atoms with Crippen molar-refractivity contribution < 1.29 is 0 Å². The third-order valence-electron chi connectivity index (χ3n) is 3.63. The average molecular weight is 339 g/mol. The summed E-state index contributed by atoms with van der Waals surface area (Å²) in [5.74, 6) is 1.56. The predicted molar refractivity (Wildman–Crippen MR) is 92.0 cm³/mol. The molecule has 0 saturated carbocycles. The van der Waals surface area contributed by atoms with E-state index in [2.05, 4.69) is 22.9 Å². The van der Waals surface area contributed by atoms with Gasteiger partial charge in [-0.2, -0.15) is 0 Å². The molecule has 3 rings (SSSR count). The van der Waals surface area contributed by atoms with Gasteiger partial charge in [0.1, 0.15) is 5.82 Å². The standard InChI is InChI=1S/C16H16Cl2N2S/c1-2-11-7-9-21-14(11)10-20-15(6-8-17)19-13-5-3-4-12(18)16(13)20/h3-5,7,9H,2,6,8,10H2,1H3. The molecule has 0 unspecified atom stereocenters. The molecule has 0 spiro atoms. The molecule has 0 saturated heterocycles. The first-order valence-corrected chi connectivity index (χ1v) is 8.78. The Kier molecular flexibility index (Phi) is 4.53. The van der Waals surface area contributed by atoms with E-state index in [1.165, 1.54) is 10.4 Å². The zero-order valence-corrected chi connectivity index (χ0v) is 14.1. The number of benzene rings is 1. The van der Waals surface area contributed by atoms with Gasteiger partial charge in [0.25, 0.3) is 0 Å². The summed E-state index contributed by atoms with van der Waals surface area (Å²) in [5, 5.41) is 2.89. The first-order valence-electron chi connectivity index (χ1n) is 6.99. The molecule has 2 aromatic heterocycles. The first kappa shape index (κ1) is 14.9. The number of rotatable bonds is 5. The number of thiophene rings is 1. The molecule has 2 heterocycles. The Morgan fingerprint density at radius 3 is 2.90 bits per heavy atom. The Balaban J connectivity index is 2.13. The van der Waals surface area contributed by atoms with Crippen LogP contribution in [0.5, 0.6) is 0 Å². The molecule has 110 valence electrons. The fourth-order valence-electron chi connectivity index (χ4n) is 2.60. The van der Waals surface area contributed by atoms with E-state index < -0.39 is 0 Å². The summed E-state index contributed by atoms with van der Waals surface area (Å²) >= 11 is 14.1. The van der Waals surface area contributed by atoms with E-state index in [0.717, 1.165) is 41.3 Å². The zero-order valence-electron chi connectivity index (χ0n) is 11.8. The highest BCUT2D eigenvalue weighted by Crippen LogP contribution is 2.28. The molecule has 0 N–H and O–H groups in total. The van der Waals surface area contributed by atoms with Crippen LogP contribution in [-0.2, 0) is 19.4 Å². The molecule has 21 heavy (non-hydrogen) atoms. The van der Waals surface area contributed by atoms with Crippen molar-refractivity contribution in [3.05, 3.63) is 50.9 Å². The summed E-state index contributed by atoms with van der Waals surface area (Å²) in [7, 11) is 0. The summed E-state index contributed by atoms with van der Waals surface area (Å²) in [4.78, 5) is 6.07. The van der Waals surface area contributed by atoms with Crippen molar-refractivity contribution in [2.45, 2.75) is 26.3 Å². The van der Waals surface area contributed by atoms with E-state index in [9.17, 15) is 0 Å². The van der Waals surface area contributed by atoms with Gasteiger partial charge in [0.15, 0.2) is 0 Å². The normalized spacial score (nSPS) is 11.4. The maximum atomic E-state index is 6.40. The Labute approximate surface area is 138 Å². The molecular formula is C16H16Cl2N2S. The van der Waals surface area contributed by atoms with Gasteiger partial charge in [-0.1, -0.05) is 24.6 Å². The number of aryl methyl sites for hydroxylation is 2. The smallest absolute Gasteiger partial charge is 0.111 e. The van der Waals surface area contributed by atoms with Crippen molar-refractivity contribution in [2.75, 3.05) is 5.88 Å². The molecule has 3 aromatic rings. The quantitative estimate of drug-likeness (QED) is 0.588. The second kappa shape index (κ2) is 6.39. The lowest BCUT2D eigenvalue weighted by molar-refractivity contribution is 0.758. The lowest BCUT2D eigenvalue weighted by Gasteiger charge is -2.09. The van der Waals surface area contributed by atoms with Crippen LogP contribution in [0.3, 0.4) is 0 Å². The van der Waals surface area contributed by atoms with Gasteiger partial charge >= 0.3 is 0 Å². The largest absolute Gasteiger partial charge is 0.321 e. The molecule has 0 bridgehead atoms. The SMILES string of the molecule is CCc1ccsc1Cn1c(CCCl)nc2cccc(Cl)c21. The van der Waals surface area contributed by atoms with E-state index in [-0.39, 0.29) is 0 Å². The number of halogens is 2. The average Bonchev–Trinajstić information content (AvgIpc) is 3.06. The number of aromatic nitrogens is 2. The van der Waals surface area contributed by atoms with Gasteiger partial charge < -0.3 is 4.57 Å². The summed E-state index contributed by atoms with van der Waals surface area (Å²) in [6, 6.07) is 8.06. The van der Waals surface area contributed by atoms with Crippen LogP contribution in [0.4, 0.5) is 0 Å². The lowest BCUT2D eigenvalue weighted by atomic mass is 10.2. The molecule has 1 aromatic carbocycles. The minimum absolute atomic E-state index is 0.562. The highest BCUT2D eigenvalue weighted by atomic mass is 35.5. The van der Waals surface area contributed by atoms with Crippen LogP contribution in [0.2, 0.25) is 5.02 Å². The number of nitrogens with zero attached hydrogens (tertiary/aromatic N) is 2. The number of hydrogen-bond acceptors (Lipinski definition) is 2. The monoisotopic (exact) mass is 338 g/mol. The molecule has 5 heteroatoms. The molecule has 2 nitrogen and oxygen atoms in total. The lowest BCUT2D eigenvalue weighted by Crippen LogP contribution is -2.06. The van der Waals surface area contributed by atoms with Crippen molar-refractivity contribution in [2.24, 2.45) is 0 Å². The number of fused-ring (bicyclic) bond motifs is 1. The van der Waals surface area contributed by atoms with Crippen LogP contribution < -0.4 is 0 Å². The minimum Gasteiger partial charge on any atom is -0.321 e. The van der Waals surface area contributed by atoms with Crippen molar-refractivity contribution in [3.8, 4) is 0 Å². The number of para-hydroxylation sites is 1. The number of imidazole rings is 1. The molecule has 0 radical (unpaired) electrons. The van der Waals surface area contributed by atoms with Gasteiger partial charge in [0.2, 0.25) is 0 Å². The molecule has 0 aliphatic carbocycles. The summed E-state index contributed by atoms with van der Waals surface area (Å²) < 4.78 is 2.21. The van der Waals surface area contributed by atoms with E-state index in [1.807, 2.05) is 18.2 Å². The van der Waals surface area contributed by atoms with Crippen LogP contribution in [0.25, 0.3) is 11.0 Å². The first-order chi connectivity index (χ1) is 10.2. The topological polar surface area (TPSA) is 17.8 Å². The van der Waals surface area contributed by atoms with Gasteiger partial charge in [-0.05, 0) is 35.6 Å². The predicted octanol–water partition coefficient (Wildman–Crippen LogP) is 5.14. The maximum absolute atomic E-state index is 6.40.